The summed E-state index contributed by atoms with van der Waals surface area (Å²) in [6.07, 6.45) is 4.78. The molecule has 1 atom stereocenters. The number of para-hydroxylation sites is 1. The molecule has 2 aromatic carbocycles. The number of anilines is 1. The van der Waals surface area contributed by atoms with E-state index in [1.54, 1.807) is 16.9 Å². The van der Waals surface area contributed by atoms with Crippen molar-refractivity contribution in [3.63, 3.8) is 0 Å². The smallest absolute Gasteiger partial charge is 0.253 e. The molecule has 0 unspecified atom stereocenters. The Hall–Kier alpha value is -3.52. The first-order valence-electron chi connectivity index (χ1n) is 11.2. The first kappa shape index (κ1) is 21.3. The van der Waals surface area contributed by atoms with E-state index in [0.717, 1.165) is 48.0 Å². The molecule has 0 bridgehead atoms. The Morgan fingerprint density at radius 2 is 1.94 bits per heavy atom. The fourth-order valence-corrected chi connectivity index (χ4v) is 4.61. The molecule has 3 aromatic rings. The molecule has 1 amide bonds. The number of aromatic nitrogens is 3. The number of fused-ring (bicyclic) bond motifs is 1. The van der Waals surface area contributed by atoms with Crippen molar-refractivity contribution in [2.75, 3.05) is 45.4 Å². The number of hydrogen-bond acceptors (Lipinski definition) is 5. The highest BCUT2D eigenvalue weighted by Gasteiger charge is 2.27. The van der Waals surface area contributed by atoms with Crippen molar-refractivity contribution in [1.82, 2.24) is 24.8 Å². The SMILES string of the molecule is CN(C)C[C@H]1CCN(C(=O)c2ccc(-n3cc(C4=Cc5ccccc5N(F)C4)nn3)cc2)C1. The van der Waals surface area contributed by atoms with Crippen LogP contribution >= 0.6 is 0 Å². The van der Waals surface area contributed by atoms with Gasteiger partial charge in [0.05, 0.1) is 24.1 Å². The zero-order chi connectivity index (χ0) is 22.9. The van der Waals surface area contributed by atoms with Crippen LogP contribution in [0, 0.1) is 5.92 Å². The average molecular weight is 447 g/mol. The van der Waals surface area contributed by atoms with E-state index in [9.17, 15) is 9.28 Å². The molecule has 0 N–H and O–H groups in total. The third-order valence-electron chi connectivity index (χ3n) is 6.23. The minimum Gasteiger partial charge on any atom is -0.338 e. The van der Waals surface area contributed by atoms with E-state index in [4.69, 9.17) is 0 Å². The van der Waals surface area contributed by atoms with Gasteiger partial charge in [-0.1, -0.05) is 27.9 Å². The lowest BCUT2D eigenvalue weighted by Gasteiger charge is -2.22. The number of halogens is 1. The highest BCUT2D eigenvalue weighted by molar-refractivity contribution is 5.94. The van der Waals surface area contributed by atoms with Crippen molar-refractivity contribution in [3.05, 3.63) is 71.5 Å². The lowest BCUT2D eigenvalue weighted by Crippen LogP contribution is -2.30. The summed E-state index contributed by atoms with van der Waals surface area (Å²) < 4.78 is 16.1. The highest BCUT2D eigenvalue weighted by atomic mass is 19.2. The summed E-state index contributed by atoms with van der Waals surface area (Å²) in [4.78, 5) is 17.0. The first-order valence-corrected chi connectivity index (χ1v) is 11.2. The summed E-state index contributed by atoms with van der Waals surface area (Å²) in [7, 11) is 4.13. The predicted octanol–water partition coefficient (Wildman–Crippen LogP) is 3.54. The number of benzene rings is 2. The second-order valence-electron chi connectivity index (χ2n) is 9.01. The molecule has 33 heavy (non-hydrogen) atoms. The van der Waals surface area contributed by atoms with Gasteiger partial charge in [0.15, 0.2) is 0 Å². The number of carbonyl (C=O) groups is 1. The van der Waals surface area contributed by atoms with E-state index in [1.165, 1.54) is 0 Å². The Bertz CT molecular complexity index is 1190. The summed E-state index contributed by atoms with van der Waals surface area (Å²) in [6.45, 7) is 2.72. The molecule has 3 heterocycles. The van der Waals surface area contributed by atoms with Crippen molar-refractivity contribution < 1.29 is 9.28 Å². The van der Waals surface area contributed by atoms with Crippen LogP contribution in [0.15, 0.2) is 54.7 Å². The molecule has 0 radical (unpaired) electrons. The van der Waals surface area contributed by atoms with Crippen LogP contribution < -0.4 is 5.12 Å². The van der Waals surface area contributed by atoms with Crippen LogP contribution in [0.3, 0.4) is 0 Å². The van der Waals surface area contributed by atoms with Crippen LogP contribution in [-0.4, -0.2) is 71.0 Å². The number of likely N-dealkylation sites (tertiary alicyclic amines) is 1. The van der Waals surface area contributed by atoms with E-state index < -0.39 is 0 Å². The van der Waals surface area contributed by atoms with Gasteiger partial charge < -0.3 is 9.80 Å². The molecule has 2 aliphatic heterocycles. The topological polar surface area (TPSA) is 57.5 Å². The lowest BCUT2D eigenvalue weighted by molar-refractivity contribution is 0.0785. The quantitative estimate of drug-likeness (QED) is 0.561. The number of nitrogens with zero attached hydrogens (tertiary/aromatic N) is 6. The molecular formula is C25H27FN6O. The Labute approximate surface area is 192 Å². The molecule has 1 aromatic heterocycles. The van der Waals surface area contributed by atoms with Crippen LogP contribution in [0.4, 0.5) is 10.2 Å². The van der Waals surface area contributed by atoms with Crippen LogP contribution in [0.25, 0.3) is 17.3 Å². The lowest BCUT2D eigenvalue weighted by atomic mass is 10.0. The fourth-order valence-electron chi connectivity index (χ4n) is 4.61. The maximum Gasteiger partial charge on any atom is 0.253 e. The van der Waals surface area contributed by atoms with Gasteiger partial charge in [0.25, 0.3) is 5.91 Å². The van der Waals surface area contributed by atoms with E-state index in [-0.39, 0.29) is 12.5 Å². The standard InChI is InChI=1S/C25H27FN6O/c1-29(2)14-18-11-12-30(15-18)25(33)19-7-9-22(10-8-19)32-17-23(27-28-32)21-13-20-5-3-4-6-24(20)31(26)16-21/h3-10,13,17-18H,11-12,14-16H2,1-2H3/t18-/m1/s1. The minimum atomic E-state index is 0.0659. The van der Waals surface area contributed by atoms with E-state index in [1.807, 2.05) is 53.4 Å². The summed E-state index contributed by atoms with van der Waals surface area (Å²) >= 11 is 0. The maximum absolute atomic E-state index is 14.5. The van der Waals surface area contributed by atoms with E-state index >= 15 is 0 Å². The summed E-state index contributed by atoms with van der Waals surface area (Å²) in [5, 5.41) is 9.19. The Morgan fingerprint density at radius 1 is 1.15 bits per heavy atom. The second kappa shape index (κ2) is 8.78. The van der Waals surface area contributed by atoms with Gasteiger partial charge in [-0.15, -0.1) is 5.10 Å². The summed E-state index contributed by atoms with van der Waals surface area (Å²) in [5.41, 5.74) is 4.22. The zero-order valence-corrected chi connectivity index (χ0v) is 18.9. The predicted molar refractivity (Wildman–Crippen MR) is 127 cm³/mol. The van der Waals surface area contributed by atoms with Crippen LogP contribution in [0.2, 0.25) is 0 Å². The molecule has 0 spiro atoms. The third kappa shape index (κ3) is 4.39. The average Bonchev–Trinajstić information content (AvgIpc) is 3.49. The van der Waals surface area contributed by atoms with E-state index in [2.05, 4.69) is 29.3 Å². The van der Waals surface area contributed by atoms with Gasteiger partial charge >= 0.3 is 0 Å². The van der Waals surface area contributed by atoms with Gasteiger partial charge in [0.2, 0.25) is 0 Å². The molecule has 170 valence electrons. The zero-order valence-electron chi connectivity index (χ0n) is 18.9. The van der Waals surface area contributed by atoms with Gasteiger partial charge in [-0.3, -0.25) is 4.79 Å². The third-order valence-corrected chi connectivity index (χ3v) is 6.23. The first-order chi connectivity index (χ1) is 16.0. The van der Waals surface area contributed by atoms with Gasteiger partial charge in [-0.05, 0) is 62.8 Å². The van der Waals surface area contributed by atoms with Gasteiger partial charge in [0.1, 0.15) is 5.69 Å². The number of carbonyl (C=O) groups excluding carboxylic acids is 1. The molecule has 2 aliphatic rings. The Kier molecular flexibility index (Phi) is 5.68. The van der Waals surface area contributed by atoms with Crippen LogP contribution in [0.1, 0.15) is 28.0 Å². The van der Waals surface area contributed by atoms with Crippen molar-refractivity contribution in [1.29, 1.82) is 0 Å². The van der Waals surface area contributed by atoms with Gasteiger partial charge in [-0.2, -0.15) is 0 Å². The molecule has 0 aliphatic carbocycles. The molecule has 1 fully saturated rings. The number of amides is 1. The maximum atomic E-state index is 14.5. The second-order valence-corrected chi connectivity index (χ2v) is 9.01. The molecule has 1 saturated heterocycles. The monoisotopic (exact) mass is 446 g/mol. The Morgan fingerprint density at radius 3 is 2.73 bits per heavy atom. The fraction of sp³-hybridized carbons (Fsp3) is 0.320. The summed E-state index contributed by atoms with van der Waals surface area (Å²) in [6, 6.07) is 14.7. The molecule has 5 rings (SSSR count). The largest absolute Gasteiger partial charge is 0.338 e. The van der Waals surface area contributed by atoms with Gasteiger partial charge in [0, 0.05) is 36.3 Å². The Balaban J connectivity index is 1.29. The summed E-state index contributed by atoms with van der Waals surface area (Å²) in [5.74, 6) is 0.592. The van der Waals surface area contributed by atoms with Crippen LogP contribution in [0.5, 0.6) is 0 Å². The highest BCUT2D eigenvalue weighted by Crippen LogP contribution is 2.32. The molecule has 8 heteroatoms. The molecule has 0 saturated carbocycles. The minimum absolute atomic E-state index is 0.0659. The van der Waals surface area contributed by atoms with Crippen molar-refractivity contribution in [3.8, 4) is 5.69 Å². The number of rotatable bonds is 5. The van der Waals surface area contributed by atoms with Crippen LogP contribution in [-0.2, 0) is 0 Å². The molecular weight excluding hydrogens is 419 g/mol. The van der Waals surface area contributed by atoms with Gasteiger partial charge in [-0.25, -0.2) is 9.80 Å². The van der Waals surface area contributed by atoms with Crippen molar-refractivity contribution in [2.24, 2.45) is 5.92 Å². The normalized spacial score (nSPS) is 17.9. The molecule has 7 nitrogen and oxygen atoms in total. The van der Waals surface area contributed by atoms with Crippen molar-refractivity contribution in [2.45, 2.75) is 6.42 Å². The van der Waals surface area contributed by atoms with Crippen molar-refractivity contribution >= 4 is 23.2 Å². The van der Waals surface area contributed by atoms with E-state index in [0.29, 0.717) is 22.9 Å². The number of hydrogen-bond donors (Lipinski definition) is 0.